The summed E-state index contributed by atoms with van der Waals surface area (Å²) in [5.74, 6) is 1.18. The van der Waals surface area contributed by atoms with Crippen LogP contribution in [0.3, 0.4) is 0 Å². The molecule has 0 saturated heterocycles. The molecule has 2 aromatic carbocycles. The molecule has 1 N–H and O–H groups in total. The zero-order chi connectivity index (χ0) is 19.7. The number of nitrogens with one attached hydrogen (secondary N) is 1. The van der Waals surface area contributed by atoms with Gasteiger partial charge in [-0.05, 0) is 38.0 Å². The van der Waals surface area contributed by atoms with E-state index in [1.807, 2.05) is 38.1 Å². The molecule has 0 saturated carbocycles. The average molecular weight is 391 g/mol. The van der Waals surface area contributed by atoms with Gasteiger partial charge in [-0.15, -0.1) is 0 Å². The maximum Gasteiger partial charge on any atom is 0.226 e. The summed E-state index contributed by atoms with van der Waals surface area (Å²) in [7, 11) is 0. The van der Waals surface area contributed by atoms with Crippen molar-refractivity contribution >= 4 is 32.6 Å². The van der Waals surface area contributed by atoms with Gasteiger partial charge < -0.3 is 9.73 Å². The minimum atomic E-state index is -0.0940. The van der Waals surface area contributed by atoms with Crippen LogP contribution in [0.1, 0.15) is 29.0 Å². The number of hydrogen-bond donors (Lipinski definition) is 1. The molecule has 142 valence electrons. The summed E-state index contributed by atoms with van der Waals surface area (Å²) in [6.45, 7) is 6.14. The van der Waals surface area contributed by atoms with Crippen LogP contribution >= 0.6 is 11.3 Å². The highest BCUT2D eigenvalue weighted by Gasteiger charge is 2.12. The van der Waals surface area contributed by atoms with Gasteiger partial charge in [-0.25, -0.2) is 9.97 Å². The molecular formula is C22H21N3O2S. The van der Waals surface area contributed by atoms with E-state index in [2.05, 4.69) is 34.3 Å². The predicted octanol–water partition coefficient (Wildman–Crippen LogP) is 5.45. The van der Waals surface area contributed by atoms with Crippen molar-refractivity contribution in [1.82, 2.24) is 9.97 Å². The van der Waals surface area contributed by atoms with E-state index in [-0.39, 0.29) is 5.91 Å². The van der Waals surface area contributed by atoms with Gasteiger partial charge in [-0.3, -0.25) is 4.79 Å². The van der Waals surface area contributed by atoms with Crippen molar-refractivity contribution in [3.8, 4) is 11.3 Å². The first-order valence-corrected chi connectivity index (χ1v) is 9.99. The standard InChI is InChI=1S/C22H21N3O2S/c1-13-4-6-16(7-5-13)17-12-23-20(27-17)9-8-19(26)24-22-25-21-15(3)10-14(2)11-18(21)28-22/h4-7,10-12H,8-9H2,1-3H3,(H,24,25,26). The van der Waals surface area contributed by atoms with Crippen LogP contribution in [0, 0.1) is 20.8 Å². The molecule has 2 heterocycles. The lowest BCUT2D eigenvalue weighted by atomic mass is 10.1. The summed E-state index contributed by atoms with van der Waals surface area (Å²) in [5, 5.41) is 3.52. The third-order valence-corrected chi connectivity index (χ3v) is 5.45. The topological polar surface area (TPSA) is 68.0 Å². The molecule has 0 aliphatic carbocycles. The number of aryl methyl sites for hydroxylation is 4. The fraction of sp³-hybridized carbons (Fsp3) is 0.227. The SMILES string of the molecule is Cc1ccc(-c2cnc(CCC(=O)Nc3nc4c(C)cc(C)cc4s3)o2)cc1. The number of thiazole rings is 1. The quantitative estimate of drug-likeness (QED) is 0.491. The maximum absolute atomic E-state index is 12.3. The Morgan fingerprint density at radius 1 is 1.11 bits per heavy atom. The van der Waals surface area contributed by atoms with Crippen molar-refractivity contribution in [2.24, 2.45) is 0 Å². The molecule has 4 aromatic rings. The van der Waals surface area contributed by atoms with Crippen LogP contribution in [-0.4, -0.2) is 15.9 Å². The average Bonchev–Trinajstić information content (AvgIpc) is 3.27. The summed E-state index contributed by atoms with van der Waals surface area (Å²) < 4.78 is 6.87. The lowest BCUT2D eigenvalue weighted by molar-refractivity contribution is -0.116. The number of fused-ring (bicyclic) bond motifs is 1. The molecular weight excluding hydrogens is 370 g/mol. The molecule has 0 spiro atoms. The predicted molar refractivity (Wildman–Crippen MR) is 113 cm³/mol. The number of aromatic nitrogens is 2. The summed E-state index contributed by atoms with van der Waals surface area (Å²) in [5.41, 5.74) is 5.44. The molecule has 1 amide bonds. The largest absolute Gasteiger partial charge is 0.441 e. The van der Waals surface area contributed by atoms with E-state index in [9.17, 15) is 4.79 Å². The van der Waals surface area contributed by atoms with Crippen LogP contribution in [0.2, 0.25) is 0 Å². The fourth-order valence-electron chi connectivity index (χ4n) is 3.10. The normalized spacial score (nSPS) is 11.1. The van der Waals surface area contributed by atoms with Crippen LogP contribution in [-0.2, 0) is 11.2 Å². The van der Waals surface area contributed by atoms with Crippen molar-refractivity contribution in [2.75, 3.05) is 5.32 Å². The first kappa shape index (κ1) is 18.4. The second-order valence-corrected chi connectivity index (χ2v) is 8.01. The van der Waals surface area contributed by atoms with Crippen molar-refractivity contribution in [3.63, 3.8) is 0 Å². The van der Waals surface area contributed by atoms with Crippen molar-refractivity contribution in [1.29, 1.82) is 0 Å². The van der Waals surface area contributed by atoms with Gasteiger partial charge in [-0.2, -0.15) is 0 Å². The molecule has 0 unspecified atom stereocenters. The number of carbonyl (C=O) groups excluding carboxylic acids is 1. The van der Waals surface area contributed by atoms with E-state index < -0.39 is 0 Å². The third kappa shape index (κ3) is 3.97. The third-order valence-electron chi connectivity index (χ3n) is 4.53. The smallest absolute Gasteiger partial charge is 0.226 e. The molecule has 0 fully saturated rings. The van der Waals surface area contributed by atoms with Crippen LogP contribution < -0.4 is 5.32 Å². The fourth-order valence-corrected chi connectivity index (χ4v) is 4.16. The van der Waals surface area contributed by atoms with Crippen LogP contribution in [0.25, 0.3) is 21.5 Å². The van der Waals surface area contributed by atoms with Crippen LogP contribution in [0.5, 0.6) is 0 Å². The number of anilines is 1. The Balaban J connectivity index is 1.38. The van der Waals surface area contributed by atoms with Crippen LogP contribution in [0.15, 0.2) is 47.0 Å². The number of hydrogen-bond acceptors (Lipinski definition) is 5. The van der Waals surface area contributed by atoms with Crippen molar-refractivity contribution < 1.29 is 9.21 Å². The molecule has 0 radical (unpaired) electrons. The summed E-state index contributed by atoms with van der Waals surface area (Å²) in [6, 6.07) is 12.3. The Labute approximate surface area is 167 Å². The van der Waals surface area contributed by atoms with Gasteiger partial charge in [0.2, 0.25) is 5.91 Å². The van der Waals surface area contributed by atoms with Gasteiger partial charge >= 0.3 is 0 Å². The Morgan fingerprint density at radius 2 is 1.89 bits per heavy atom. The van der Waals surface area contributed by atoms with Crippen molar-refractivity contribution in [2.45, 2.75) is 33.6 Å². The molecule has 0 aliphatic rings. The molecule has 0 bridgehead atoms. The van der Waals surface area contributed by atoms with Gasteiger partial charge in [0.05, 0.1) is 16.4 Å². The molecule has 5 nitrogen and oxygen atoms in total. The van der Waals surface area contributed by atoms with E-state index in [1.165, 1.54) is 22.5 Å². The second kappa shape index (κ2) is 7.56. The van der Waals surface area contributed by atoms with E-state index in [4.69, 9.17) is 4.42 Å². The molecule has 2 aromatic heterocycles. The molecule has 28 heavy (non-hydrogen) atoms. The monoisotopic (exact) mass is 391 g/mol. The molecule has 6 heteroatoms. The zero-order valence-electron chi connectivity index (χ0n) is 16.1. The van der Waals surface area contributed by atoms with Gasteiger partial charge in [0, 0.05) is 18.4 Å². The number of rotatable bonds is 5. The minimum absolute atomic E-state index is 0.0940. The second-order valence-electron chi connectivity index (χ2n) is 6.98. The molecule has 4 rings (SSSR count). The Hall–Kier alpha value is -2.99. The van der Waals surface area contributed by atoms with E-state index >= 15 is 0 Å². The highest BCUT2D eigenvalue weighted by atomic mass is 32.1. The molecule has 0 aliphatic heterocycles. The van der Waals surface area contributed by atoms with Gasteiger partial charge in [0.25, 0.3) is 0 Å². The number of oxazole rings is 1. The first-order valence-electron chi connectivity index (χ1n) is 9.17. The van der Waals surface area contributed by atoms with Gasteiger partial charge in [0.1, 0.15) is 0 Å². The Morgan fingerprint density at radius 3 is 2.68 bits per heavy atom. The first-order chi connectivity index (χ1) is 13.5. The Bertz CT molecular complexity index is 1140. The van der Waals surface area contributed by atoms with Gasteiger partial charge in [-0.1, -0.05) is 47.2 Å². The summed E-state index contributed by atoms with van der Waals surface area (Å²) >= 11 is 1.50. The number of amides is 1. The van der Waals surface area contributed by atoms with E-state index in [0.717, 1.165) is 21.3 Å². The lowest BCUT2D eigenvalue weighted by Gasteiger charge is -2.00. The number of benzene rings is 2. The number of carbonyl (C=O) groups is 1. The summed E-state index contributed by atoms with van der Waals surface area (Å²) in [6.07, 6.45) is 2.44. The highest BCUT2D eigenvalue weighted by Crippen LogP contribution is 2.29. The van der Waals surface area contributed by atoms with Crippen molar-refractivity contribution in [3.05, 3.63) is 65.2 Å². The Kier molecular flexibility index (Phi) is 4.96. The van der Waals surface area contributed by atoms with Crippen LogP contribution in [0.4, 0.5) is 5.13 Å². The molecule has 0 atom stereocenters. The summed E-state index contributed by atoms with van der Waals surface area (Å²) in [4.78, 5) is 21.2. The lowest BCUT2D eigenvalue weighted by Crippen LogP contribution is -2.12. The van der Waals surface area contributed by atoms with Gasteiger partial charge in [0.15, 0.2) is 16.8 Å². The minimum Gasteiger partial charge on any atom is -0.441 e. The number of nitrogens with zero attached hydrogens (tertiary/aromatic N) is 2. The maximum atomic E-state index is 12.3. The highest BCUT2D eigenvalue weighted by molar-refractivity contribution is 7.22. The van der Waals surface area contributed by atoms with E-state index in [0.29, 0.717) is 29.6 Å². The zero-order valence-corrected chi connectivity index (χ0v) is 16.9. The van der Waals surface area contributed by atoms with E-state index in [1.54, 1.807) is 6.20 Å².